The van der Waals surface area contributed by atoms with Gasteiger partial charge in [0.25, 0.3) is 0 Å². The molecule has 4 nitrogen and oxygen atoms in total. The van der Waals surface area contributed by atoms with Crippen LogP contribution in [0.1, 0.15) is 4.88 Å². The average molecular weight is 345 g/mol. The van der Waals surface area contributed by atoms with E-state index < -0.39 is 10.0 Å². The standard InChI is InChI=1S/C14H17ClN2O2S2/c1-17(2)21(18,19)13-6-3-11(4-7-13)16-10-9-12-5-8-14(15)20-12/h3-8,16H,9-10H2,1-2H3. The van der Waals surface area contributed by atoms with E-state index in [4.69, 9.17) is 11.6 Å². The lowest BCUT2D eigenvalue weighted by molar-refractivity contribution is 0.521. The van der Waals surface area contributed by atoms with Gasteiger partial charge in [-0.25, -0.2) is 12.7 Å². The zero-order valence-electron chi connectivity index (χ0n) is 11.8. The number of nitrogens with zero attached hydrogens (tertiary/aromatic N) is 1. The summed E-state index contributed by atoms with van der Waals surface area (Å²) in [7, 11) is -0.319. The highest BCUT2D eigenvalue weighted by molar-refractivity contribution is 7.89. The van der Waals surface area contributed by atoms with Gasteiger partial charge in [0.05, 0.1) is 9.23 Å². The van der Waals surface area contributed by atoms with Gasteiger partial charge in [-0.3, -0.25) is 0 Å². The Morgan fingerprint density at radius 1 is 1.14 bits per heavy atom. The van der Waals surface area contributed by atoms with Crippen LogP contribution in [0, 0.1) is 0 Å². The van der Waals surface area contributed by atoms with Crippen LogP contribution in [-0.4, -0.2) is 33.4 Å². The Morgan fingerprint density at radius 2 is 1.81 bits per heavy atom. The molecule has 0 bridgehead atoms. The van der Waals surface area contributed by atoms with Gasteiger partial charge in [0.2, 0.25) is 10.0 Å². The van der Waals surface area contributed by atoms with Crippen LogP contribution in [0.5, 0.6) is 0 Å². The molecule has 0 unspecified atom stereocenters. The van der Waals surface area contributed by atoms with Gasteiger partial charge in [-0.05, 0) is 42.8 Å². The highest BCUT2D eigenvalue weighted by Gasteiger charge is 2.16. The SMILES string of the molecule is CN(C)S(=O)(=O)c1ccc(NCCc2ccc(Cl)s2)cc1. The van der Waals surface area contributed by atoms with Crippen molar-refractivity contribution in [2.45, 2.75) is 11.3 Å². The third kappa shape index (κ3) is 4.20. The van der Waals surface area contributed by atoms with E-state index in [2.05, 4.69) is 5.32 Å². The maximum Gasteiger partial charge on any atom is 0.242 e. The molecule has 0 fully saturated rings. The minimum absolute atomic E-state index is 0.295. The molecule has 0 saturated heterocycles. The minimum Gasteiger partial charge on any atom is -0.385 e. The van der Waals surface area contributed by atoms with Crippen molar-refractivity contribution in [1.29, 1.82) is 0 Å². The predicted molar refractivity (Wildman–Crippen MR) is 88.8 cm³/mol. The summed E-state index contributed by atoms with van der Waals surface area (Å²) in [5, 5.41) is 3.27. The second-order valence-corrected chi connectivity index (χ2v) is 8.65. The second kappa shape index (κ2) is 6.79. The molecule has 1 heterocycles. The molecule has 1 N–H and O–H groups in total. The Morgan fingerprint density at radius 3 is 2.33 bits per heavy atom. The number of sulfonamides is 1. The summed E-state index contributed by atoms with van der Waals surface area (Å²) < 4.78 is 25.9. The highest BCUT2D eigenvalue weighted by Crippen LogP contribution is 2.22. The molecule has 0 amide bonds. The molecule has 21 heavy (non-hydrogen) atoms. The van der Waals surface area contributed by atoms with Gasteiger partial charge in [-0.15, -0.1) is 11.3 Å². The first-order valence-corrected chi connectivity index (χ1v) is 9.04. The van der Waals surface area contributed by atoms with Crippen molar-refractivity contribution < 1.29 is 8.42 Å². The Kier molecular flexibility index (Phi) is 5.27. The molecule has 0 spiro atoms. The third-order valence-electron chi connectivity index (χ3n) is 2.96. The zero-order chi connectivity index (χ0) is 15.5. The number of anilines is 1. The van der Waals surface area contributed by atoms with Gasteiger partial charge in [-0.2, -0.15) is 0 Å². The Bertz CT molecular complexity index is 694. The van der Waals surface area contributed by atoms with Crippen molar-refractivity contribution in [2.24, 2.45) is 0 Å². The number of hydrogen-bond acceptors (Lipinski definition) is 4. The second-order valence-electron chi connectivity index (χ2n) is 4.69. The maximum atomic E-state index is 11.9. The summed E-state index contributed by atoms with van der Waals surface area (Å²) in [6.45, 7) is 0.774. The lowest BCUT2D eigenvalue weighted by atomic mass is 10.3. The number of hydrogen-bond donors (Lipinski definition) is 1. The fraction of sp³-hybridized carbons (Fsp3) is 0.286. The number of nitrogens with one attached hydrogen (secondary N) is 1. The first-order chi connectivity index (χ1) is 9.89. The van der Waals surface area contributed by atoms with Crippen molar-refractivity contribution in [2.75, 3.05) is 26.0 Å². The third-order valence-corrected chi connectivity index (χ3v) is 6.08. The highest BCUT2D eigenvalue weighted by atomic mass is 35.5. The van der Waals surface area contributed by atoms with E-state index in [1.807, 2.05) is 12.1 Å². The van der Waals surface area contributed by atoms with E-state index in [1.54, 1.807) is 35.6 Å². The number of thiophene rings is 1. The summed E-state index contributed by atoms with van der Waals surface area (Å²) in [5.41, 5.74) is 0.898. The fourth-order valence-electron chi connectivity index (χ4n) is 1.77. The molecule has 7 heteroatoms. The number of halogens is 1. The molecular weight excluding hydrogens is 328 g/mol. The van der Waals surface area contributed by atoms with E-state index >= 15 is 0 Å². The van der Waals surface area contributed by atoms with E-state index in [-0.39, 0.29) is 0 Å². The van der Waals surface area contributed by atoms with Crippen molar-refractivity contribution in [3.05, 3.63) is 45.6 Å². The van der Waals surface area contributed by atoms with Crippen LogP contribution in [0.25, 0.3) is 0 Å². The first-order valence-electron chi connectivity index (χ1n) is 6.40. The Labute approximate surface area is 134 Å². The molecule has 2 aromatic rings. The van der Waals surface area contributed by atoms with Crippen molar-refractivity contribution in [1.82, 2.24) is 4.31 Å². The van der Waals surface area contributed by atoms with Crippen molar-refractivity contribution in [3.63, 3.8) is 0 Å². The van der Waals surface area contributed by atoms with E-state index in [0.717, 1.165) is 23.0 Å². The normalized spacial score (nSPS) is 11.8. The van der Waals surface area contributed by atoms with Gasteiger partial charge < -0.3 is 5.32 Å². The Balaban J connectivity index is 1.94. The van der Waals surface area contributed by atoms with Crippen LogP contribution >= 0.6 is 22.9 Å². The predicted octanol–water partition coefficient (Wildman–Crippen LogP) is 3.31. The van der Waals surface area contributed by atoms with Crippen LogP contribution in [0.4, 0.5) is 5.69 Å². The number of rotatable bonds is 6. The largest absolute Gasteiger partial charge is 0.385 e. The summed E-state index contributed by atoms with van der Waals surface area (Å²) in [4.78, 5) is 1.52. The monoisotopic (exact) mass is 344 g/mol. The molecule has 1 aromatic carbocycles. The van der Waals surface area contributed by atoms with Crippen LogP contribution in [0.2, 0.25) is 4.34 Å². The molecule has 0 saturated carbocycles. The molecule has 1 aromatic heterocycles. The smallest absolute Gasteiger partial charge is 0.242 e. The summed E-state index contributed by atoms with van der Waals surface area (Å²) in [5.74, 6) is 0. The van der Waals surface area contributed by atoms with Gasteiger partial charge in [0.1, 0.15) is 0 Å². The van der Waals surface area contributed by atoms with Gasteiger partial charge in [0, 0.05) is 31.2 Å². The molecule has 0 aliphatic carbocycles. The quantitative estimate of drug-likeness (QED) is 0.874. The van der Waals surface area contributed by atoms with E-state index in [0.29, 0.717) is 4.90 Å². The minimum atomic E-state index is -3.36. The van der Waals surface area contributed by atoms with Crippen molar-refractivity contribution in [3.8, 4) is 0 Å². The van der Waals surface area contributed by atoms with Crippen LogP contribution in [0.3, 0.4) is 0 Å². The lowest BCUT2D eigenvalue weighted by Gasteiger charge is -2.12. The van der Waals surface area contributed by atoms with Gasteiger partial charge >= 0.3 is 0 Å². The summed E-state index contributed by atoms with van der Waals surface area (Å²) in [6.07, 6.45) is 0.884. The van der Waals surface area contributed by atoms with Crippen LogP contribution in [0.15, 0.2) is 41.3 Å². The van der Waals surface area contributed by atoms with Gasteiger partial charge in [-0.1, -0.05) is 11.6 Å². The molecular formula is C14H17ClN2O2S2. The molecule has 0 radical (unpaired) electrons. The first kappa shape index (κ1) is 16.3. The molecule has 0 aliphatic heterocycles. The topological polar surface area (TPSA) is 49.4 Å². The molecule has 2 rings (SSSR count). The summed E-state index contributed by atoms with van der Waals surface area (Å²) in [6, 6.07) is 10.7. The fourth-order valence-corrected chi connectivity index (χ4v) is 3.76. The van der Waals surface area contributed by atoms with E-state index in [9.17, 15) is 8.42 Å². The maximum absolute atomic E-state index is 11.9. The van der Waals surface area contributed by atoms with Crippen LogP contribution < -0.4 is 5.32 Å². The average Bonchev–Trinajstić information content (AvgIpc) is 2.85. The molecule has 114 valence electrons. The van der Waals surface area contributed by atoms with Crippen molar-refractivity contribution >= 4 is 38.6 Å². The lowest BCUT2D eigenvalue weighted by Crippen LogP contribution is -2.22. The van der Waals surface area contributed by atoms with Crippen LogP contribution in [-0.2, 0) is 16.4 Å². The van der Waals surface area contributed by atoms with Gasteiger partial charge in [0.15, 0.2) is 0 Å². The van der Waals surface area contributed by atoms with E-state index in [1.165, 1.54) is 23.3 Å². The molecule has 0 aliphatic rings. The Hall–Kier alpha value is -1.08. The zero-order valence-corrected chi connectivity index (χ0v) is 14.2. The molecule has 0 atom stereocenters. The number of benzene rings is 1. The summed E-state index contributed by atoms with van der Waals surface area (Å²) >= 11 is 7.45.